The molecule has 1 heterocycles. The van der Waals surface area contributed by atoms with Crippen LogP contribution >= 0.6 is 0 Å². The highest BCUT2D eigenvalue weighted by Crippen LogP contribution is 2.30. The molecule has 0 radical (unpaired) electrons. The van der Waals surface area contributed by atoms with E-state index in [9.17, 15) is 4.79 Å². The predicted molar refractivity (Wildman–Crippen MR) is 101 cm³/mol. The monoisotopic (exact) mass is 335 g/mol. The molecule has 25 heavy (non-hydrogen) atoms. The Morgan fingerprint density at radius 3 is 2.76 bits per heavy atom. The van der Waals surface area contributed by atoms with Gasteiger partial charge in [-0.3, -0.25) is 5.32 Å². The van der Waals surface area contributed by atoms with Crippen LogP contribution in [0.2, 0.25) is 0 Å². The second kappa shape index (κ2) is 7.21. The molecule has 3 rings (SSSR count). The number of urea groups is 1. The minimum atomic E-state index is -0.255. The maximum Gasteiger partial charge on any atom is 0.320 e. The van der Waals surface area contributed by atoms with Crippen LogP contribution in [-0.2, 0) is 0 Å². The zero-order valence-electron chi connectivity index (χ0n) is 14.6. The van der Waals surface area contributed by atoms with Gasteiger partial charge in [0.1, 0.15) is 11.6 Å². The molecule has 5 nitrogen and oxygen atoms in total. The van der Waals surface area contributed by atoms with E-state index in [0.29, 0.717) is 12.4 Å². The molecule has 2 amide bonds. The normalized spacial score (nSPS) is 10.5. The zero-order valence-corrected chi connectivity index (χ0v) is 14.6. The molecule has 0 aliphatic carbocycles. The number of amides is 2. The van der Waals surface area contributed by atoms with Crippen LogP contribution in [0.15, 0.2) is 48.7 Å². The minimum absolute atomic E-state index is 0.255. The van der Waals surface area contributed by atoms with Crippen molar-refractivity contribution in [3.05, 3.63) is 54.2 Å². The highest BCUT2D eigenvalue weighted by atomic mass is 16.5. The summed E-state index contributed by atoms with van der Waals surface area (Å²) in [4.78, 5) is 16.0. The van der Waals surface area contributed by atoms with Crippen molar-refractivity contribution in [3.8, 4) is 16.9 Å². The van der Waals surface area contributed by atoms with Crippen LogP contribution < -0.4 is 15.4 Å². The van der Waals surface area contributed by atoms with E-state index in [1.165, 1.54) is 0 Å². The summed E-state index contributed by atoms with van der Waals surface area (Å²) in [6.45, 7) is 4.50. The van der Waals surface area contributed by atoms with Gasteiger partial charge >= 0.3 is 6.03 Å². The van der Waals surface area contributed by atoms with Gasteiger partial charge in [-0.15, -0.1) is 0 Å². The molecule has 2 N–H and O–H groups in total. The zero-order chi connectivity index (χ0) is 17.8. The van der Waals surface area contributed by atoms with E-state index >= 15 is 0 Å². The third-order valence-corrected chi connectivity index (χ3v) is 4.03. The maximum atomic E-state index is 11.7. The van der Waals surface area contributed by atoms with E-state index in [1.54, 1.807) is 13.3 Å². The SMILES string of the molecule is CCNC(=O)Nc1cc2cc(-c3cccc(OC)c3)cc(C)c2cn1. The number of nitrogens with one attached hydrogen (secondary N) is 2. The lowest BCUT2D eigenvalue weighted by atomic mass is 9.98. The van der Waals surface area contributed by atoms with Crippen molar-refractivity contribution in [2.24, 2.45) is 0 Å². The summed E-state index contributed by atoms with van der Waals surface area (Å²) >= 11 is 0. The first-order chi connectivity index (χ1) is 12.1. The van der Waals surface area contributed by atoms with E-state index in [4.69, 9.17) is 4.74 Å². The Hall–Kier alpha value is -3.08. The van der Waals surface area contributed by atoms with E-state index in [1.807, 2.05) is 31.2 Å². The van der Waals surface area contributed by atoms with Crippen LogP contribution in [0.1, 0.15) is 12.5 Å². The van der Waals surface area contributed by atoms with Gasteiger partial charge in [0, 0.05) is 18.1 Å². The molecule has 2 aromatic carbocycles. The summed E-state index contributed by atoms with van der Waals surface area (Å²) in [6, 6.07) is 13.8. The van der Waals surface area contributed by atoms with Gasteiger partial charge in [-0.2, -0.15) is 0 Å². The molecule has 0 bridgehead atoms. The number of aromatic nitrogens is 1. The number of ether oxygens (including phenoxy) is 1. The maximum absolute atomic E-state index is 11.7. The van der Waals surface area contributed by atoms with Crippen molar-refractivity contribution in [2.45, 2.75) is 13.8 Å². The number of hydrogen-bond acceptors (Lipinski definition) is 3. The first kappa shape index (κ1) is 16.8. The van der Waals surface area contributed by atoms with E-state index in [-0.39, 0.29) is 6.03 Å². The van der Waals surface area contributed by atoms with Gasteiger partial charge < -0.3 is 10.1 Å². The summed E-state index contributed by atoms with van der Waals surface area (Å²) in [5.74, 6) is 1.35. The van der Waals surface area contributed by atoms with Crippen LogP contribution in [0.5, 0.6) is 5.75 Å². The van der Waals surface area contributed by atoms with Gasteiger partial charge in [-0.05, 0) is 60.2 Å². The highest BCUT2D eigenvalue weighted by Gasteiger charge is 2.07. The molecule has 0 fully saturated rings. The smallest absolute Gasteiger partial charge is 0.320 e. The van der Waals surface area contributed by atoms with Crippen LogP contribution in [0.3, 0.4) is 0 Å². The van der Waals surface area contributed by atoms with Crippen molar-refractivity contribution in [1.29, 1.82) is 0 Å². The van der Waals surface area contributed by atoms with E-state index < -0.39 is 0 Å². The lowest BCUT2D eigenvalue weighted by Gasteiger charge is -2.11. The molecule has 0 saturated heterocycles. The Balaban J connectivity index is 2.02. The largest absolute Gasteiger partial charge is 0.497 e. The quantitative estimate of drug-likeness (QED) is 0.744. The second-order valence-electron chi connectivity index (χ2n) is 5.80. The molecule has 0 aliphatic rings. The first-order valence-corrected chi connectivity index (χ1v) is 8.20. The van der Waals surface area contributed by atoms with Crippen molar-refractivity contribution >= 4 is 22.6 Å². The second-order valence-corrected chi connectivity index (χ2v) is 5.80. The summed E-state index contributed by atoms with van der Waals surface area (Å²) in [7, 11) is 1.66. The molecule has 3 aromatic rings. The van der Waals surface area contributed by atoms with Crippen LogP contribution in [0.25, 0.3) is 21.9 Å². The summed E-state index contributed by atoms with van der Waals surface area (Å²) in [6.07, 6.45) is 1.79. The van der Waals surface area contributed by atoms with Gasteiger partial charge in [-0.25, -0.2) is 9.78 Å². The number of nitrogens with zero attached hydrogens (tertiary/aromatic N) is 1. The van der Waals surface area contributed by atoms with Crippen molar-refractivity contribution in [1.82, 2.24) is 10.3 Å². The topological polar surface area (TPSA) is 63.2 Å². The van der Waals surface area contributed by atoms with Gasteiger partial charge in [0.05, 0.1) is 7.11 Å². The molecule has 0 atom stereocenters. The van der Waals surface area contributed by atoms with E-state index in [0.717, 1.165) is 33.2 Å². The Morgan fingerprint density at radius 1 is 1.16 bits per heavy atom. The molecular formula is C20H21N3O2. The molecule has 128 valence electrons. The third kappa shape index (κ3) is 3.71. The number of methoxy groups -OCH3 is 1. The van der Waals surface area contributed by atoms with Gasteiger partial charge in [0.15, 0.2) is 0 Å². The number of rotatable bonds is 4. The highest BCUT2D eigenvalue weighted by molar-refractivity contribution is 5.94. The summed E-state index contributed by atoms with van der Waals surface area (Å²) in [5, 5.41) is 7.54. The first-order valence-electron chi connectivity index (χ1n) is 8.20. The summed E-state index contributed by atoms with van der Waals surface area (Å²) < 4.78 is 5.32. The molecule has 0 spiro atoms. The lowest BCUT2D eigenvalue weighted by molar-refractivity contribution is 0.252. The third-order valence-electron chi connectivity index (χ3n) is 4.03. The fraction of sp³-hybridized carbons (Fsp3) is 0.200. The number of pyridine rings is 1. The van der Waals surface area contributed by atoms with Crippen LogP contribution in [-0.4, -0.2) is 24.7 Å². The molecular weight excluding hydrogens is 314 g/mol. The van der Waals surface area contributed by atoms with Gasteiger partial charge in [0.2, 0.25) is 0 Å². The van der Waals surface area contributed by atoms with Crippen LogP contribution in [0, 0.1) is 6.92 Å². The van der Waals surface area contributed by atoms with Crippen molar-refractivity contribution in [3.63, 3.8) is 0 Å². The molecule has 0 saturated carbocycles. The number of anilines is 1. The predicted octanol–water partition coefficient (Wildman–Crippen LogP) is 4.36. The Labute approximate surface area is 147 Å². The summed E-state index contributed by atoms with van der Waals surface area (Å²) in [5.41, 5.74) is 3.31. The lowest BCUT2D eigenvalue weighted by Crippen LogP contribution is -2.28. The average molecular weight is 335 g/mol. The Bertz CT molecular complexity index is 922. The Morgan fingerprint density at radius 2 is 2.00 bits per heavy atom. The standard InChI is InChI=1S/C20H21N3O2/c1-4-21-20(24)23-19-11-16-9-15(8-13(2)18(16)12-22-19)14-6-5-7-17(10-14)25-3/h5-12H,4H2,1-3H3,(H2,21,22,23,24). The van der Waals surface area contributed by atoms with Gasteiger partial charge in [-0.1, -0.05) is 18.2 Å². The molecule has 0 aliphatic heterocycles. The minimum Gasteiger partial charge on any atom is -0.497 e. The fourth-order valence-corrected chi connectivity index (χ4v) is 2.80. The molecule has 0 unspecified atom stereocenters. The van der Waals surface area contributed by atoms with Gasteiger partial charge in [0.25, 0.3) is 0 Å². The van der Waals surface area contributed by atoms with E-state index in [2.05, 4.69) is 40.7 Å². The number of hydrogen-bond donors (Lipinski definition) is 2. The number of carbonyl (C=O) groups excluding carboxylic acids is 1. The fourth-order valence-electron chi connectivity index (χ4n) is 2.80. The van der Waals surface area contributed by atoms with Crippen molar-refractivity contribution in [2.75, 3.05) is 19.0 Å². The molecule has 5 heteroatoms. The number of benzene rings is 2. The number of carbonyl (C=O) groups is 1. The van der Waals surface area contributed by atoms with Crippen LogP contribution in [0.4, 0.5) is 10.6 Å². The average Bonchev–Trinajstić information content (AvgIpc) is 2.61. The Kier molecular flexibility index (Phi) is 4.84. The number of fused-ring (bicyclic) bond motifs is 1. The number of aryl methyl sites for hydroxylation is 1. The molecule has 1 aromatic heterocycles. The van der Waals surface area contributed by atoms with Crippen molar-refractivity contribution < 1.29 is 9.53 Å².